The Labute approximate surface area is 213 Å². The van der Waals surface area contributed by atoms with E-state index in [2.05, 4.69) is 37.9 Å². The van der Waals surface area contributed by atoms with Gasteiger partial charge in [-0.2, -0.15) is 0 Å². The lowest BCUT2D eigenvalue weighted by Gasteiger charge is -2.44. The second kappa shape index (κ2) is 12.1. The summed E-state index contributed by atoms with van der Waals surface area (Å²) in [5.41, 5.74) is 9.29. The summed E-state index contributed by atoms with van der Waals surface area (Å²) in [6.45, 7) is 14.0. The van der Waals surface area contributed by atoms with Gasteiger partial charge in [0.1, 0.15) is 6.10 Å². The van der Waals surface area contributed by atoms with E-state index in [0.29, 0.717) is 30.3 Å². The summed E-state index contributed by atoms with van der Waals surface area (Å²) in [6, 6.07) is 0. The first-order chi connectivity index (χ1) is 16.5. The van der Waals surface area contributed by atoms with Crippen LogP contribution in [0.1, 0.15) is 98.3 Å². The highest BCUT2D eigenvalue weighted by Gasteiger charge is 2.50. The highest BCUT2D eigenvalue weighted by Crippen LogP contribution is 2.60. The predicted octanol–water partition coefficient (Wildman–Crippen LogP) is 6.43. The predicted molar refractivity (Wildman–Crippen MR) is 144 cm³/mol. The molecule has 0 heterocycles. The SMILES string of the molecule is C=C1CC[C@H](OC(=O)NCCN)C/C1=C/C=C1\CCC[C@]2(C)[C@@H]([C@H](C)CCCC(C)(C)O)CC[C@@H]12. The van der Waals surface area contributed by atoms with E-state index in [0.717, 1.165) is 38.0 Å². The number of carbonyl (C=O) groups excluding carboxylic acids is 1. The smallest absolute Gasteiger partial charge is 0.407 e. The van der Waals surface area contributed by atoms with Crippen molar-refractivity contribution in [2.75, 3.05) is 13.1 Å². The molecule has 4 N–H and O–H groups in total. The summed E-state index contributed by atoms with van der Waals surface area (Å²) in [4.78, 5) is 12.0. The number of carbonyl (C=O) groups is 1. The standard InChI is InChI=1S/C30H50N2O3/c1-21-10-13-25(35-28(33)32-19-18-31)20-24(21)12-11-23-9-7-17-30(5)26(14-15-27(23)30)22(2)8-6-16-29(3,4)34/h11-12,22,25-27,34H,1,6-10,13-20,31H2,2-5H3,(H,32,33)/b23-11+,24-12-/t22-,25+,26-,27+,30-/m1/s1. The fourth-order valence-electron chi connectivity index (χ4n) is 7.12. The van der Waals surface area contributed by atoms with Gasteiger partial charge in [-0.25, -0.2) is 4.79 Å². The molecule has 0 aromatic carbocycles. The molecule has 0 radical (unpaired) electrons. The van der Waals surface area contributed by atoms with Crippen LogP contribution in [0.5, 0.6) is 0 Å². The van der Waals surface area contributed by atoms with Crippen molar-refractivity contribution in [3.63, 3.8) is 0 Å². The third-order valence-corrected chi connectivity index (χ3v) is 9.03. The molecule has 3 saturated carbocycles. The van der Waals surface area contributed by atoms with Crippen LogP contribution in [0.2, 0.25) is 0 Å². The Morgan fingerprint density at radius 1 is 1.31 bits per heavy atom. The lowest BCUT2D eigenvalue weighted by Crippen LogP contribution is -2.36. The number of nitrogens with two attached hydrogens (primary N) is 1. The maximum absolute atomic E-state index is 12.0. The van der Waals surface area contributed by atoms with Crippen LogP contribution in [-0.2, 0) is 4.74 Å². The average Bonchev–Trinajstić information content (AvgIpc) is 3.14. The zero-order chi connectivity index (χ0) is 25.6. The number of nitrogens with one attached hydrogen (secondary N) is 1. The summed E-state index contributed by atoms with van der Waals surface area (Å²) < 4.78 is 5.62. The molecule has 5 heteroatoms. The third-order valence-electron chi connectivity index (χ3n) is 9.03. The van der Waals surface area contributed by atoms with Crippen molar-refractivity contribution >= 4 is 6.09 Å². The van der Waals surface area contributed by atoms with Crippen LogP contribution in [0.4, 0.5) is 4.79 Å². The molecular formula is C30H50N2O3. The molecule has 0 unspecified atom stereocenters. The van der Waals surface area contributed by atoms with E-state index in [-0.39, 0.29) is 12.2 Å². The van der Waals surface area contributed by atoms with Crippen LogP contribution in [0, 0.1) is 23.2 Å². The number of hydrogen-bond acceptors (Lipinski definition) is 4. The number of fused-ring (bicyclic) bond motifs is 1. The van der Waals surface area contributed by atoms with Crippen molar-refractivity contribution in [1.82, 2.24) is 5.32 Å². The number of ether oxygens (including phenoxy) is 1. The Hall–Kier alpha value is -1.59. The van der Waals surface area contributed by atoms with Crippen LogP contribution in [0.3, 0.4) is 0 Å². The van der Waals surface area contributed by atoms with Gasteiger partial charge in [-0.3, -0.25) is 0 Å². The van der Waals surface area contributed by atoms with Gasteiger partial charge in [-0.15, -0.1) is 0 Å². The summed E-state index contributed by atoms with van der Waals surface area (Å²) >= 11 is 0. The van der Waals surface area contributed by atoms with Crippen molar-refractivity contribution in [1.29, 1.82) is 0 Å². The van der Waals surface area contributed by atoms with Gasteiger partial charge in [0.2, 0.25) is 0 Å². The van der Waals surface area contributed by atoms with E-state index in [9.17, 15) is 9.90 Å². The second-order valence-corrected chi connectivity index (χ2v) is 12.3. The molecule has 0 saturated heterocycles. The molecule has 0 spiro atoms. The first-order valence-electron chi connectivity index (χ1n) is 14.0. The number of allylic oxidation sites excluding steroid dienone is 4. The molecular weight excluding hydrogens is 436 g/mol. The minimum absolute atomic E-state index is 0.0971. The Kier molecular flexibility index (Phi) is 9.67. The van der Waals surface area contributed by atoms with E-state index in [1.807, 2.05) is 13.8 Å². The number of hydrogen-bond donors (Lipinski definition) is 3. The zero-order valence-electron chi connectivity index (χ0n) is 22.7. The maximum atomic E-state index is 12.0. The minimum Gasteiger partial charge on any atom is -0.446 e. The van der Waals surface area contributed by atoms with Crippen LogP contribution in [0.25, 0.3) is 0 Å². The Morgan fingerprint density at radius 2 is 2.09 bits per heavy atom. The quantitative estimate of drug-likeness (QED) is 0.351. The van der Waals surface area contributed by atoms with Gasteiger partial charge in [-0.1, -0.05) is 56.6 Å². The van der Waals surface area contributed by atoms with E-state index < -0.39 is 5.60 Å². The van der Waals surface area contributed by atoms with E-state index in [4.69, 9.17) is 10.5 Å². The van der Waals surface area contributed by atoms with Crippen molar-refractivity contribution in [3.8, 4) is 0 Å². The van der Waals surface area contributed by atoms with Gasteiger partial charge < -0.3 is 20.9 Å². The molecule has 0 aromatic heterocycles. The zero-order valence-corrected chi connectivity index (χ0v) is 22.7. The summed E-state index contributed by atoms with van der Waals surface area (Å²) in [7, 11) is 0. The molecule has 3 aliphatic carbocycles. The van der Waals surface area contributed by atoms with Crippen molar-refractivity contribution < 1.29 is 14.6 Å². The first kappa shape index (κ1) is 28.0. The topological polar surface area (TPSA) is 84.6 Å². The molecule has 3 aliphatic rings. The van der Waals surface area contributed by atoms with Crippen molar-refractivity contribution in [2.24, 2.45) is 28.9 Å². The number of rotatable bonds is 9. The molecule has 0 aliphatic heterocycles. The first-order valence-corrected chi connectivity index (χ1v) is 14.0. The summed E-state index contributed by atoms with van der Waals surface area (Å²) in [5, 5.41) is 12.8. The number of aliphatic hydroxyl groups is 1. The molecule has 5 atom stereocenters. The second-order valence-electron chi connectivity index (χ2n) is 12.3. The van der Waals surface area contributed by atoms with Crippen molar-refractivity contribution in [2.45, 2.75) is 110 Å². The number of amides is 1. The van der Waals surface area contributed by atoms with Crippen LogP contribution >= 0.6 is 0 Å². The molecule has 5 nitrogen and oxygen atoms in total. The van der Waals surface area contributed by atoms with Gasteiger partial charge in [0.25, 0.3) is 0 Å². The summed E-state index contributed by atoms with van der Waals surface area (Å²) in [6.07, 6.45) is 16.2. The molecule has 0 bridgehead atoms. The van der Waals surface area contributed by atoms with Crippen LogP contribution in [0.15, 0.2) is 35.5 Å². The van der Waals surface area contributed by atoms with Gasteiger partial charge >= 0.3 is 6.09 Å². The Balaban J connectivity index is 1.64. The fraction of sp³-hybridized carbons (Fsp3) is 0.767. The maximum Gasteiger partial charge on any atom is 0.407 e. The molecule has 35 heavy (non-hydrogen) atoms. The van der Waals surface area contributed by atoms with E-state index in [1.54, 1.807) is 5.57 Å². The highest BCUT2D eigenvalue weighted by atomic mass is 16.6. The van der Waals surface area contributed by atoms with Gasteiger partial charge in [0.05, 0.1) is 5.60 Å². The molecule has 3 fully saturated rings. The van der Waals surface area contributed by atoms with E-state index in [1.165, 1.54) is 49.7 Å². The van der Waals surface area contributed by atoms with E-state index >= 15 is 0 Å². The van der Waals surface area contributed by atoms with Crippen molar-refractivity contribution in [3.05, 3.63) is 35.5 Å². The Bertz CT molecular complexity index is 809. The average molecular weight is 487 g/mol. The lowest BCUT2D eigenvalue weighted by molar-refractivity contribution is 0.0596. The monoisotopic (exact) mass is 486 g/mol. The van der Waals surface area contributed by atoms with Gasteiger partial charge in [-0.05, 0) is 94.0 Å². The molecule has 0 aromatic rings. The molecule has 1 amide bonds. The number of alkyl carbamates (subject to hydrolysis) is 1. The van der Waals surface area contributed by atoms with Crippen LogP contribution < -0.4 is 11.1 Å². The van der Waals surface area contributed by atoms with Gasteiger partial charge in [0, 0.05) is 19.5 Å². The Morgan fingerprint density at radius 3 is 2.80 bits per heavy atom. The highest BCUT2D eigenvalue weighted by molar-refractivity contribution is 5.67. The summed E-state index contributed by atoms with van der Waals surface area (Å²) in [5.74, 6) is 2.13. The normalized spacial score (nSPS) is 32.5. The fourth-order valence-corrected chi connectivity index (χ4v) is 7.12. The minimum atomic E-state index is -0.558. The molecule has 198 valence electrons. The van der Waals surface area contributed by atoms with Crippen LogP contribution in [-0.4, -0.2) is 36.0 Å². The third kappa shape index (κ3) is 7.45. The lowest BCUT2D eigenvalue weighted by atomic mass is 9.60. The largest absolute Gasteiger partial charge is 0.446 e. The molecule has 3 rings (SSSR count). The van der Waals surface area contributed by atoms with Gasteiger partial charge in [0.15, 0.2) is 0 Å².